The lowest BCUT2D eigenvalue weighted by Crippen LogP contribution is -2.46. The van der Waals surface area contributed by atoms with Crippen molar-refractivity contribution >= 4 is 27.6 Å². The average molecular weight is 412 g/mol. The number of carbonyl (C=O) groups excluding carboxylic acids is 1. The summed E-state index contributed by atoms with van der Waals surface area (Å²) in [6, 6.07) is 11.9. The molecule has 0 heterocycles. The number of ether oxygens (including phenoxy) is 1. The maximum atomic E-state index is 12.5. The molecule has 0 saturated carbocycles. The number of esters is 1. The molecule has 2 aromatic carbocycles. The van der Waals surface area contributed by atoms with Crippen LogP contribution in [0.2, 0.25) is 5.02 Å². The molecule has 0 saturated heterocycles. The predicted molar refractivity (Wildman–Crippen MR) is 104 cm³/mol. The van der Waals surface area contributed by atoms with Gasteiger partial charge in [-0.1, -0.05) is 35.9 Å². The maximum Gasteiger partial charge on any atom is 0.327 e. The third kappa shape index (κ3) is 6.04. The van der Waals surface area contributed by atoms with Crippen LogP contribution in [0.3, 0.4) is 0 Å². The van der Waals surface area contributed by atoms with Gasteiger partial charge >= 0.3 is 5.97 Å². The number of benzene rings is 2. The van der Waals surface area contributed by atoms with Crippen molar-refractivity contribution in [2.75, 3.05) is 6.61 Å². The highest BCUT2D eigenvalue weighted by molar-refractivity contribution is 7.89. The molecule has 1 atom stereocenters. The van der Waals surface area contributed by atoms with Crippen LogP contribution >= 0.6 is 11.6 Å². The number of carbonyl (C=O) groups is 1. The van der Waals surface area contributed by atoms with E-state index in [4.69, 9.17) is 16.3 Å². The minimum Gasteiger partial charge on any atom is -0.459 e. The van der Waals surface area contributed by atoms with Crippen LogP contribution in [0.4, 0.5) is 0 Å². The average Bonchev–Trinajstić information content (AvgIpc) is 2.59. The van der Waals surface area contributed by atoms with Crippen LogP contribution in [-0.2, 0) is 19.6 Å². The molecule has 2 N–H and O–H groups in total. The largest absolute Gasteiger partial charge is 0.459 e. The Morgan fingerprint density at radius 3 is 2.00 bits per heavy atom. The topological polar surface area (TPSA) is 92.7 Å². The molecule has 0 spiro atoms. The van der Waals surface area contributed by atoms with E-state index < -0.39 is 34.2 Å². The van der Waals surface area contributed by atoms with Gasteiger partial charge in [0.25, 0.3) is 0 Å². The van der Waals surface area contributed by atoms with E-state index >= 15 is 0 Å². The number of aliphatic hydroxyl groups is 1. The van der Waals surface area contributed by atoms with Crippen molar-refractivity contribution in [1.29, 1.82) is 0 Å². The highest BCUT2D eigenvalue weighted by Gasteiger charge is 2.29. The van der Waals surface area contributed by atoms with Gasteiger partial charge < -0.3 is 9.84 Å². The van der Waals surface area contributed by atoms with E-state index in [2.05, 4.69) is 4.72 Å². The summed E-state index contributed by atoms with van der Waals surface area (Å²) in [5.41, 5.74) is 0.908. The van der Waals surface area contributed by atoms with E-state index in [0.29, 0.717) is 5.02 Å². The van der Waals surface area contributed by atoms with Crippen molar-refractivity contribution in [3.8, 4) is 11.1 Å². The predicted octanol–water partition coefficient (Wildman–Crippen LogP) is 2.99. The molecule has 0 radical (unpaired) electrons. The van der Waals surface area contributed by atoms with Gasteiger partial charge in [0, 0.05) is 5.02 Å². The molecule has 0 aliphatic heterocycles. The van der Waals surface area contributed by atoms with Crippen LogP contribution in [0.15, 0.2) is 53.4 Å². The zero-order valence-electron chi connectivity index (χ0n) is 15.3. The van der Waals surface area contributed by atoms with Crippen LogP contribution in [0.1, 0.15) is 20.8 Å². The van der Waals surface area contributed by atoms with Crippen molar-refractivity contribution in [1.82, 2.24) is 4.72 Å². The Hall–Kier alpha value is -1.93. The number of hydrogen-bond donors (Lipinski definition) is 2. The summed E-state index contributed by atoms with van der Waals surface area (Å²) in [6.07, 6.45) is 0. The van der Waals surface area contributed by atoms with Gasteiger partial charge in [-0.2, -0.15) is 4.72 Å². The van der Waals surface area contributed by atoms with Crippen LogP contribution in [0, 0.1) is 0 Å². The van der Waals surface area contributed by atoms with Crippen molar-refractivity contribution < 1.29 is 23.1 Å². The highest BCUT2D eigenvalue weighted by Crippen LogP contribution is 2.23. The van der Waals surface area contributed by atoms with E-state index in [0.717, 1.165) is 11.1 Å². The first kappa shape index (κ1) is 21.4. The van der Waals surface area contributed by atoms with Gasteiger partial charge in [-0.3, -0.25) is 4.79 Å². The molecule has 0 aliphatic carbocycles. The minimum atomic E-state index is -4.01. The summed E-state index contributed by atoms with van der Waals surface area (Å²) >= 11 is 5.87. The summed E-state index contributed by atoms with van der Waals surface area (Å²) in [7, 11) is -4.01. The van der Waals surface area contributed by atoms with E-state index in [9.17, 15) is 18.3 Å². The first-order valence-corrected chi connectivity index (χ1v) is 10.1. The first-order valence-electron chi connectivity index (χ1n) is 8.24. The summed E-state index contributed by atoms with van der Waals surface area (Å²) in [5.74, 6) is -0.841. The normalized spacial score (nSPS) is 13.2. The Morgan fingerprint density at radius 2 is 1.56 bits per heavy atom. The summed E-state index contributed by atoms with van der Waals surface area (Å²) in [5, 5.41) is 9.99. The van der Waals surface area contributed by atoms with E-state index in [1.54, 1.807) is 45.0 Å². The molecule has 2 rings (SSSR count). The number of nitrogens with one attached hydrogen (secondary N) is 1. The Morgan fingerprint density at radius 1 is 1.07 bits per heavy atom. The second kappa shape index (κ2) is 8.39. The van der Waals surface area contributed by atoms with Crippen molar-refractivity contribution in [2.24, 2.45) is 0 Å². The van der Waals surface area contributed by atoms with Crippen LogP contribution in [0.25, 0.3) is 11.1 Å². The smallest absolute Gasteiger partial charge is 0.327 e. The SMILES string of the molecule is CC(C)(C)OC(=O)[C@H](CO)NS(=O)(=O)c1ccc(-c2ccc(Cl)cc2)cc1. The monoisotopic (exact) mass is 411 g/mol. The van der Waals surface area contributed by atoms with Gasteiger partial charge in [0.05, 0.1) is 11.5 Å². The maximum absolute atomic E-state index is 12.5. The molecule has 6 nitrogen and oxygen atoms in total. The van der Waals surface area contributed by atoms with Gasteiger partial charge in [-0.25, -0.2) is 8.42 Å². The van der Waals surface area contributed by atoms with Gasteiger partial charge in [-0.15, -0.1) is 0 Å². The molecule has 0 amide bonds. The fourth-order valence-electron chi connectivity index (χ4n) is 2.26. The van der Waals surface area contributed by atoms with E-state index in [1.165, 1.54) is 12.1 Å². The van der Waals surface area contributed by atoms with Crippen molar-refractivity contribution in [3.63, 3.8) is 0 Å². The van der Waals surface area contributed by atoms with E-state index in [-0.39, 0.29) is 4.90 Å². The molecule has 0 bridgehead atoms. The Kier molecular flexibility index (Phi) is 6.64. The van der Waals surface area contributed by atoms with Gasteiger partial charge in [-0.05, 0) is 56.2 Å². The molecule has 0 fully saturated rings. The lowest BCUT2D eigenvalue weighted by molar-refractivity contribution is -0.157. The minimum absolute atomic E-state index is 0.0257. The van der Waals surface area contributed by atoms with Crippen LogP contribution < -0.4 is 4.72 Å². The fraction of sp³-hybridized carbons (Fsp3) is 0.316. The number of halogens is 1. The Balaban J connectivity index is 2.18. The molecule has 2 aromatic rings. The second-order valence-corrected chi connectivity index (χ2v) is 9.07. The molecule has 146 valence electrons. The Bertz CT molecular complexity index is 887. The molecule has 0 aliphatic rings. The number of hydrogen-bond acceptors (Lipinski definition) is 5. The third-order valence-corrected chi connectivity index (χ3v) is 5.25. The van der Waals surface area contributed by atoms with Crippen molar-refractivity contribution in [2.45, 2.75) is 37.3 Å². The summed E-state index contributed by atoms with van der Waals surface area (Å²) in [4.78, 5) is 12.0. The molecular weight excluding hydrogens is 390 g/mol. The standard InChI is InChI=1S/C19H22ClNO5S/c1-19(2,3)26-18(23)17(12-22)21-27(24,25)16-10-6-14(7-11-16)13-4-8-15(20)9-5-13/h4-11,17,21-22H,12H2,1-3H3/t17-/m0/s1. The van der Waals surface area contributed by atoms with Gasteiger partial charge in [0.2, 0.25) is 10.0 Å². The molecular formula is C19H22ClNO5S. The van der Waals surface area contributed by atoms with Crippen molar-refractivity contribution in [3.05, 3.63) is 53.6 Å². The molecule has 0 unspecified atom stereocenters. The molecule has 27 heavy (non-hydrogen) atoms. The quantitative estimate of drug-likeness (QED) is 0.713. The zero-order valence-corrected chi connectivity index (χ0v) is 16.8. The van der Waals surface area contributed by atoms with E-state index in [1.807, 2.05) is 12.1 Å². The lowest BCUT2D eigenvalue weighted by atomic mass is 10.1. The van der Waals surface area contributed by atoms with Gasteiger partial charge in [0.15, 0.2) is 0 Å². The summed E-state index contributed by atoms with van der Waals surface area (Å²) in [6.45, 7) is 4.26. The Labute approximate surface area is 164 Å². The highest BCUT2D eigenvalue weighted by atomic mass is 35.5. The first-order chi connectivity index (χ1) is 12.5. The zero-order chi connectivity index (χ0) is 20.2. The number of rotatable bonds is 6. The molecule has 0 aromatic heterocycles. The fourth-order valence-corrected chi connectivity index (χ4v) is 3.56. The summed E-state index contributed by atoms with van der Waals surface area (Å²) < 4.78 is 32.3. The number of sulfonamides is 1. The lowest BCUT2D eigenvalue weighted by Gasteiger charge is -2.23. The second-order valence-electron chi connectivity index (χ2n) is 6.92. The molecule has 8 heteroatoms. The van der Waals surface area contributed by atoms with Crippen LogP contribution in [0.5, 0.6) is 0 Å². The van der Waals surface area contributed by atoms with Crippen LogP contribution in [-0.4, -0.2) is 37.7 Å². The number of aliphatic hydroxyl groups excluding tert-OH is 1. The van der Waals surface area contributed by atoms with Gasteiger partial charge in [0.1, 0.15) is 11.6 Å². The third-order valence-electron chi connectivity index (χ3n) is 3.51.